The summed E-state index contributed by atoms with van der Waals surface area (Å²) in [5.74, 6) is -1.50. The summed E-state index contributed by atoms with van der Waals surface area (Å²) in [6.07, 6.45) is 0.100. The summed E-state index contributed by atoms with van der Waals surface area (Å²) >= 11 is 0. The first-order valence-electron chi connectivity index (χ1n) is 6.00. The molecule has 1 unspecified atom stereocenters. The van der Waals surface area contributed by atoms with E-state index < -0.39 is 17.7 Å². The van der Waals surface area contributed by atoms with E-state index in [0.717, 1.165) is 12.1 Å². The van der Waals surface area contributed by atoms with Gasteiger partial charge in [0, 0.05) is 11.6 Å². The topological polar surface area (TPSA) is 46.0 Å². The van der Waals surface area contributed by atoms with Crippen LogP contribution in [0, 0.1) is 11.6 Å². The number of halogens is 2. The van der Waals surface area contributed by atoms with E-state index in [1.807, 2.05) is 6.07 Å². The summed E-state index contributed by atoms with van der Waals surface area (Å²) in [4.78, 5) is 8.40. The van der Waals surface area contributed by atoms with Crippen LogP contribution in [0.3, 0.4) is 0 Å². The van der Waals surface area contributed by atoms with Crippen LogP contribution in [0.25, 0.3) is 11.0 Å². The van der Waals surface area contributed by atoms with E-state index in [1.165, 1.54) is 12.3 Å². The Morgan fingerprint density at radius 1 is 1.00 bits per heavy atom. The maximum absolute atomic E-state index is 13.7. The van der Waals surface area contributed by atoms with Crippen LogP contribution in [0.2, 0.25) is 0 Å². The fraction of sp³-hybridized carbons (Fsp3) is 0.0667. The molecule has 0 aliphatic carbocycles. The van der Waals surface area contributed by atoms with E-state index in [0.29, 0.717) is 11.0 Å². The smallest absolute Gasteiger partial charge is 0.132 e. The molecule has 100 valence electrons. The molecule has 1 atom stereocenters. The Labute approximate surface area is 113 Å². The van der Waals surface area contributed by atoms with E-state index in [9.17, 15) is 13.9 Å². The van der Waals surface area contributed by atoms with Gasteiger partial charge in [-0.2, -0.15) is 0 Å². The van der Waals surface area contributed by atoms with Crippen molar-refractivity contribution in [1.29, 1.82) is 0 Å². The van der Waals surface area contributed by atoms with Gasteiger partial charge in [-0.3, -0.25) is 4.98 Å². The quantitative estimate of drug-likeness (QED) is 0.780. The lowest BCUT2D eigenvalue weighted by atomic mass is 10.1. The Bertz CT molecular complexity index is 777. The van der Waals surface area contributed by atoms with Gasteiger partial charge in [-0.05, 0) is 18.2 Å². The number of aromatic nitrogens is 2. The summed E-state index contributed by atoms with van der Waals surface area (Å²) in [7, 11) is 0. The van der Waals surface area contributed by atoms with E-state index in [1.54, 1.807) is 18.2 Å². The van der Waals surface area contributed by atoms with Crippen molar-refractivity contribution in [3.63, 3.8) is 0 Å². The van der Waals surface area contributed by atoms with Crippen LogP contribution in [0.5, 0.6) is 0 Å². The number of hydrogen-bond acceptors (Lipinski definition) is 3. The molecule has 20 heavy (non-hydrogen) atoms. The Morgan fingerprint density at radius 3 is 2.50 bits per heavy atom. The fourth-order valence-corrected chi connectivity index (χ4v) is 1.99. The molecule has 0 radical (unpaired) electrons. The van der Waals surface area contributed by atoms with Gasteiger partial charge in [0.1, 0.15) is 17.7 Å². The zero-order valence-electron chi connectivity index (χ0n) is 10.3. The summed E-state index contributed by atoms with van der Waals surface area (Å²) in [5, 5.41) is 10.2. The van der Waals surface area contributed by atoms with E-state index in [2.05, 4.69) is 9.97 Å². The lowest BCUT2D eigenvalue weighted by Gasteiger charge is -2.11. The standard InChI is InChI=1S/C15H10F2N2O/c16-9-5-6-10(11(17)7-9)15(20)14-8-18-12-3-1-2-4-13(12)19-14/h1-8,15,20H. The number of nitrogens with zero attached hydrogens (tertiary/aromatic N) is 2. The molecule has 0 spiro atoms. The van der Waals surface area contributed by atoms with E-state index in [4.69, 9.17) is 0 Å². The average Bonchev–Trinajstić information content (AvgIpc) is 2.46. The third-order valence-corrected chi connectivity index (χ3v) is 3.00. The molecule has 0 aliphatic heterocycles. The molecular formula is C15H10F2N2O. The lowest BCUT2D eigenvalue weighted by molar-refractivity contribution is 0.210. The summed E-state index contributed by atoms with van der Waals surface area (Å²) in [6, 6.07) is 10.2. The second kappa shape index (κ2) is 4.94. The first kappa shape index (κ1) is 12.6. The van der Waals surface area contributed by atoms with Crippen LogP contribution >= 0.6 is 0 Å². The predicted molar refractivity (Wildman–Crippen MR) is 70.0 cm³/mol. The molecule has 1 heterocycles. The van der Waals surface area contributed by atoms with E-state index in [-0.39, 0.29) is 11.3 Å². The summed E-state index contributed by atoms with van der Waals surface area (Å²) in [5.41, 5.74) is 1.47. The summed E-state index contributed by atoms with van der Waals surface area (Å²) < 4.78 is 26.5. The van der Waals surface area contributed by atoms with Crippen molar-refractivity contribution in [2.45, 2.75) is 6.10 Å². The second-order valence-corrected chi connectivity index (χ2v) is 4.35. The van der Waals surface area contributed by atoms with Gasteiger partial charge >= 0.3 is 0 Å². The van der Waals surface area contributed by atoms with Gasteiger partial charge in [-0.1, -0.05) is 18.2 Å². The molecule has 3 nitrogen and oxygen atoms in total. The highest BCUT2D eigenvalue weighted by atomic mass is 19.1. The van der Waals surface area contributed by atoms with Crippen molar-refractivity contribution in [3.8, 4) is 0 Å². The SMILES string of the molecule is OC(c1cnc2ccccc2n1)c1ccc(F)cc1F. The number of aliphatic hydroxyl groups is 1. The van der Waals surface area contributed by atoms with Gasteiger partial charge in [0.15, 0.2) is 0 Å². The number of aliphatic hydroxyl groups excluding tert-OH is 1. The fourth-order valence-electron chi connectivity index (χ4n) is 1.99. The lowest BCUT2D eigenvalue weighted by Crippen LogP contribution is -2.06. The molecule has 5 heteroatoms. The normalized spacial score (nSPS) is 12.6. The van der Waals surface area contributed by atoms with Crippen molar-refractivity contribution < 1.29 is 13.9 Å². The summed E-state index contributed by atoms with van der Waals surface area (Å²) in [6.45, 7) is 0. The Hall–Kier alpha value is -2.40. The maximum Gasteiger partial charge on any atom is 0.132 e. The van der Waals surface area contributed by atoms with Gasteiger partial charge in [0.25, 0.3) is 0 Å². The molecule has 3 aromatic rings. The molecule has 1 aromatic heterocycles. The minimum Gasteiger partial charge on any atom is -0.382 e. The molecule has 0 aliphatic rings. The maximum atomic E-state index is 13.7. The molecule has 2 aromatic carbocycles. The number of para-hydroxylation sites is 2. The third-order valence-electron chi connectivity index (χ3n) is 3.00. The van der Waals surface area contributed by atoms with E-state index >= 15 is 0 Å². The van der Waals surface area contributed by atoms with Crippen molar-refractivity contribution >= 4 is 11.0 Å². The van der Waals surface area contributed by atoms with Gasteiger partial charge in [-0.25, -0.2) is 13.8 Å². The first-order valence-corrected chi connectivity index (χ1v) is 6.00. The van der Waals surface area contributed by atoms with Gasteiger partial charge < -0.3 is 5.11 Å². The second-order valence-electron chi connectivity index (χ2n) is 4.35. The predicted octanol–water partition coefficient (Wildman–Crippen LogP) is 2.99. The molecule has 3 rings (SSSR count). The van der Waals surface area contributed by atoms with Crippen LogP contribution in [-0.4, -0.2) is 15.1 Å². The van der Waals surface area contributed by atoms with Crippen molar-refractivity contribution in [1.82, 2.24) is 9.97 Å². The molecule has 0 fully saturated rings. The number of rotatable bonds is 2. The van der Waals surface area contributed by atoms with Crippen molar-refractivity contribution in [2.75, 3.05) is 0 Å². The van der Waals surface area contributed by atoms with Gasteiger partial charge in [-0.15, -0.1) is 0 Å². The molecular weight excluding hydrogens is 262 g/mol. The van der Waals surface area contributed by atoms with Gasteiger partial charge in [0.2, 0.25) is 0 Å². The highest BCUT2D eigenvalue weighted by Crippen LogP contribution is 2.24. The zero-order valence-corrected chi connectivity index (χ0v) is 10.3. The number of benzene rings is 2. The van der Waals surface area contributed by atoms with Crippen LogP contribution in [0.4, 0.5) is 8.78 Å². The largest absolute Gasteiger partial charge is 0.382 e. The Balaban J connectivity index is 2.05. The Morgan fingerprint density at radius 2 is 1.75 bits per heavy atom. The average molecular weight is 272 g/mol. The third kappa shape index (κ3) is 2.23. The van der Waals surface area contributed by atoms with Crippen LogP contribution < -0.4 is 0 Å². The van der Waals surface area contributed by atoms with Gasteiger partial charge in [0.05, 0.1) is 22.9 Å². The van der Waals surface area contributed by atoms with Crippen LogP contribution in [-0.2, 0) is 0 Å². The highest BCUT2D eigenvalue weighted by molar-refractivity contribution is 5.73. The molecule has 0 bridgehead atoms. The van der Waals surface area contributed by atoms with Crippen LogP contribution in [0.1, 0.15) is 17.4 Å². The Kier molecular flexibility index (Phi) is 3.12. The monoisotopic (exact) mass is 272 g/mol. The van der Waals surface area contributed by atoms with Crippen molar-refractivity contribution in [2.24, 2.45) is 0 Å². The highest BCUT2D eigenvalue weighted by Gasteiger charge is 2.17. The molecule has 0 saturated heterocycles. The molecule has 1 N–H and O–H groups in total. The van der Waals surface area contributed by atoms with Crippen molar-refractivity contribution in [3.05, 3.63) is 71.6 Å². The minimum absolute atomic E-state index is 0.0315. The van der Waals surface area contributed by atoms with Crippen LogP contribution in [0.15, 0.2) is 48.7 Å². The minimum atomic E-state index is -1.28. The number of fused-ring (bicyclic) bond motifs is 1. The molecule has 0 saturated carbocycles. The molecule has 0 amide bonds. The zero-order chi connectivity index (χ0) is 14.1. The number of hydrogen-bond donors (Lipinski definition) is 1. The first-order chi connectivity index (χ1) is 9.65.